The van der Waals surface area contributed by atoms with Crippen LogP contribution in [-0.2, 0) is 16.0 Å². The lowest BCUT2D eigenvalue weighted by Crippen LogP contribution is -2.15. The summed E-state index contributed by atoms with van der Waals surface area (Å²) in [7, 11) is 0. The number of carboxylic acid groups (broad SMARTS) is 1. The van der Waals surface area contributed by atoms with Crippen molar-refractivity contribution in [2.24, 2.45) is 0 Å². The minimum absolute atomic E-state index is 0.0860. The van der Waals surface area contributed by atoms with Crippen LogP contribution in [0.4, 0.5) is 0 Å². The zero-order valence-electron chi connectivity index (χ0n) is 8.65. The minimum Gasteiger partial charge on any atom is -0.475 e. The van der Waals surface area contributed by atoms with Gasteiger partial charge in [-0.3, -0.25) is 9.89 Å². The van der Waals surface area contributed by atoms with Crippen molar-refractivity contribution in [1.29, 1.82) is 0 Å². The molecule has 0 unspecified atom stereocenters. The summed E-state index contributed by atoms with van der Waals surface area (Å²) in [6.07, 6.45) is 1.56. The van der Waals surface area contributed by atoms with Crippen LogP contribution in [0.3, 0.4) is 0 Å². The molecule has 0 bridgehead atoms. The van der Waals surface area contributed by atoms with Gasteiger partial charge in [-0.2, -0.15) is 5.10 Å². The number of carbonyl (C=O) groups is 2. The fourth-order valence-electron chi connectivity index (χ4n) is 1.68. The second-order valence-electron chi connectivity index (χ2n) is 3.65. The van der Waals surface area contributed by atoms with E-state index in [-0.39, 0.29) is 6.42 Å². The molecule has 0 aliphatic rings. The van der Waals surface area contributed by atoms with E-state index in [0.717, 1.165) is 16.5 Å². The Hall–Kier alpha value is -2.17. The first-order valence-electron chi connectivity index (χ1n) is 4.76. The number of aromatic nitrogens is 2. The molecule has 0 atom stereocenters. The van der Waals surface area contributed by atoms with E-state index in [9.17, 15) is 9.59 Å². The van der Waals surface area contributed by atoms with E-state index in [4.69, 9.17) is 5.11 Å². The van der Waals surface area contributed by atoms with Crippen molar-refractivity contribution in [3.63, 3.8) is 0 Å². The number of hydrogen-bond donors (Lipinski definition) is 2. The number of fused-ring (bicyclic) bond motifs is 1. The molecule has 82 valence electrons. The van der Waals surface area contributed by atoms with Crippen molar-refractivity contribution in [2.75, 3.05) is 0 Å². The Bertz CT molecular complexity index is 572. The van der Waals surface area contributed by atoms with E-state index in [1.807, 2.05) is 6.92 Å². The lowest BCUT2D eigenvalue weighted by molar-refractivity contribution is -0.148. The van der Waals surface area contributed by atoms with Gasteiger partial charge in [-0.1, -0.05) is 6.07 Å². The van der Waals surface area contributed by atoms with E-state index in [2.05, 4.69) is 10.2 Å². The molecule has 5 heteroatoms. The van der Waals surface area contributed by atoms with Crippen LogP contribution < -0.4 is 0 Å². The molecule has 16 heavy (non-hydrogen) atoms. The van der Waals surface area contributed by atoms with Crippen molar-refractivity contribution in [3.8, 4) is 0 Å². The highest BCUT2D eigenvalue weighted by molar-refractivity contribution is 6.33. The molecule has 0 fully saturated rings. The van der Waals surface area contributed by atoms with Crippen LogP contribution in [0.5, 0.6) is 0 Å². The highest BCUT2D eigenvalue weighted by Gasteiger charge is 2.13. The molecular formula is C11H10N2O3. The van der Waals surface area contributed by atoms with Gasteiger partial charge in [-0.05, 0) is 24.1 Å². The highest BCUT2D eigenvalue weighted by atomic mass is 16.4. The van der Waals surface area contributed by atoms with Crippen LogP contribution in [0.25, 0.3) is 10.9 Å². The topological polar surface area (TPSA) is 83.1 Å². The summed E-state index contributed by atoms with van der Waals surface area (Å²) >= 11 is 0. The summed E-state index contributed by atoms with van der Waals surface area (Å²) in [5.74, 6) is -2.20. The third-order valence-electron chi connectivity index (χ3n) is 2.41. The Morgan fingerprint density at radius 1 is 1.44 bits per heavy atom. The number of carboxylic acids is 1. The standard InChI is InChI=1S/C11H10N2O3/c1-6-2-7(4-9(14)11(15)16)3-8-5-12-13-10(6)8/h2-3,5H,4H2,1H3,(H,12,13)(H,15,16). The van der Waals surface area contributed by atoms with Gasteiger partial charge in [0, 0.05) is 11.8 Å². The number of ketones is 1. The maximum absolute atomic E-state index is 11.1. The van der Waals surface area contributed by atoms with Gasteiger partial charge < -0.3 is 5.11 Å². The maximum atomic E-state index is 11.1. The second-order valence-corrected chi connectivity index (χ2v) is 3.65. The van der Waals surface area contributed by atoms with Gasteiger partial charge in [-0.15, -0.1) is 0 Å². The molecule has 0 spiro atoms. The summed E-state index contributed by atoms with van der Waals surface area (Å²) in [6.45, 7) is 1.88. The van der Waals surface area contributed by atoms with Gasteiger partial charge in [0.05, 0.1) is 11.7 Å². The average Bonchev–Trinajstić information content (AvgIpc) is 2.65. The Kier molecular flexibility index (Phi) is 2.44. The molecule has 0 aliphatic heterocycles. The number of carbonyl (C=O) groups excluding carboxylic acids is 1. The predicted octanol–water partition coefficient (Wildman–Crippen LogP) is 1.07. The lowest BCUT2D eigenvalue weighted by atomic mass is 10.0. The fourth-order valence-corrected chi connectivity index (χ4v) is 1.68. The molecule has 1 aromatic carbocycles. The van der Waals surface area contributed by atoms with E-state index in [1.165, 1.54) is 0 Å². The number of Topliss-reactive ketones (excluding diaryl/α,β-unsaturated/α-hetero) is 1. The summed E-state index contributed by atoms with van der Waals surface area (Å²) in [4.78, 5) is 21.5. The highest BCUT2D eigenvalue weighted by Crippen LogP contribution is 2.18. The van der Waals surface area contributed by atoms with Crippen LogP contribution in [0.1, 0.15) is 11.1 Å². The number of aromatic amines is 1. The molecule has 0 aliphatic carbocycles. The first kappa shape index (κ1) is 10.4. The van der Waals surface area contributed by atoms with Gasteiger partial charge in [0.25, 0.3) is 0 Å². The Balaban J connectivity index is 2.38. The number of nitrogens with zero attached hydrogens (tertiary/aromatic N) is 1. The van der Waals surface area contributed by atoms with Crippen molar-refractivity contribution < 1.29 is 14.7 Å². The van der Waals surface area contributed by atoms with Crippen molar-refractivity contribution in [1.82, 2.24) is 10.2 Å². The molecule has 2 aromatic rings. The number of aliphatic carboxylic acids is 1. The van der Waals surface area contributed by atoms with E-state index < -0.39 is 11.8 Å². The van der Waals surface area contributed by atoms with Crippen molar-refractivity contribution >= 4 is 22.7 Å². The number of rotatable bonds is 3. The van der Waals surface area contributed by atoms with E-state index in [0.29, 0.717) is 5.56 Å². The normalized spacial score (nSPS) is 10.6. The van der Waals surface area contributed by atoms with Gasteiger partial charge >= 0.3 is 5.97 Å². The first-order valence-corrected chi connectivity index (χ1v) is 4.76. The smallest absolute Gasteiger partial charge is 0.372 e. The summed E-state index contributed by atoms with van der Waals surface area (Å²) in [5, 5.41) is 16.1. The number of nitrogens with one attached hydrogen (secondary N) is 1. The number of hydrogen-bond acceptors (Lipinski definition) is 3. The van der Waals surface area contributed by atoms with Gasteiger partial charge in [0.15, 0.2) is 0 Å². The van der Waals surface area contributed by atoms with Crippen LogP contribution in [0, 0.1) is 6.92 Å². The zero-order valence-corrected chi connectivity index (χ0v) is 8.65. The maximum Gasteiger partial charge on any atom is 0.372 e. The third kappa shape index (κ3) is 1.79. The number of benzene rings is 1. The quantitative estimate of drug-likeness (QED) is 0.755. The molecular weight excluding hydrogens is 208 g/mol. The van der Waals surface area contributed by atoms with E-state index >= 15 is 0 Å². The molecule has 0 saturated carbocycles. The average molecular weight is 218 g/mol. The Labute approximate surface area is 91.1 Å². The minimum atomic E-state index is -1.40. The molecule has 0 saturated heterocycles. The first-order chi connectivity index (χ1) is 7.58. The Morgan fingerprint density at radius 3 is 2.88 bits per heavy atom. The third-order valence-corrected chi connectivity index (χ3v) is 2.41. The summed E-state index contributed by atoms with van der Waals surface area (Å²) in [6, 6.07) is 3.56. The largest absolute Gasteiger partial charge is 0.475 e. The van der Waals surface area contributed by atoms with Crippen LogP contribution in [0.2, 0.25) is 0 Å². The number of aryl methyl sites for hydroxylation is 1. The number of H-pyrrole nitrogens is 1. The van der Waals surface area contributed by atoms with Gasteiger partial charge in [0.2, 0.25) is 5.78 Å². The van der Waals surface area contributed by atoms with Crippen LogP contribution >= 0.6 is 0 Å². The Morgan fingerprint density at radius 2 is 2.19 bits per heavy atom. The molecule has 2 N–H and O–H groups in total. The van der Waals surface area contributed by atoms with Gasteiger partial charge in [-0.25, -0.2) is 4.79 Å². The van der Waals surface area contributed by atoms with Crippen molar-refractivity contribution in [2.45, 2.75) is 13.3 Å². The molecule has 1 heterocycles. The van der Waals surface area contributed by atoms with E-state index in [1.54, 1.807) is 18.3 Å². The van der Waals surface area contributed by atoms with Gasteiger partial charge in [0.1, 0.15) is 0 Å². The lowest BCUT2D eigenvalue weighted by Gasteiger charge is -2.01. The molecule has 1 aromatic heterocycles. The predicted molar refractivity (Wildman–Crippen MR) is 57.2 cm³/mol. The zero-order chi connectivity index (χ0) is 11.7. The SMILES string of the molecule is Cc1cc(CC(=O)C(=O)O)cc2cn[nH]c12. The monoisotopic (exact) mass is 218 g/mol. The molecule has 2 rings (SSSR count). The molecule has 0 amide bonds. The summed E-state index contributed by atoms with van der Waals surface area (Å²) in [5.41, 5.74) is 2.55. The van der Waals surface area contributed by atoms with Crippen LogP contribution in [0.15, 0.2) is 18.3 Å². The fraction of sp³-hybridized carbons (Fsp3) is 0.182. The second kappa shape index (κ2) is 3.77. The van der Waals surface area contributed by atoms with Crippen LogP contribution in [-0.4, -0.2) is 27.1 Å². The molecule has 5 nitrogen and oxygen atoms in total. The summed E-state index contributed by atoms with van der Waals surface area (Å²) < 4.78 is 0. The van der Waals surface area contributed by atoms with Crippen molar-refractivity contribution in [3.05, 3.63) is 29.5 Å². The molecule has 0 radical (unpaired) electrons.